The number of Topliss-reactive ketones (excluding diaryl/α,β-unsaturated/α-hetero) is 1. The fraction of sp³-hybridized carbons (Fsp3) is 0.276. The second-order valence-corrected chi connectivity index (χ2v) is 9.18. The van der Waals surface area contributed by atoms with E-state index in [1.807, 2.05) is 74.4 Å². The molecular formula is C29H30N2O4. The van der Waals surface area contributed by atoms with Gasteiger partial charge in [-0.25, -0.2) is 0 Å². The standard InChI is InChI=1S/C29H30N2O4/c1-19-28-22(17-31(18-34-28)14-13-21-7-5-6-8-25(21)33-4)16-24-27(32)26(35-29(19)24)15-20-9-11-23(12-10-20)30(2)3/h5-12,15-16H,13-14,17-18H2,1-4H3/b26-15-. The summed E-state index contributed by atoms with van der Waals surface area (Å²) in [5.74, 6) is 2.58. The predicted molar refractivity (Wildman–Crippen MR) is 137 cm³/mol. The molecule has 3 aromatic rings. The van der Waals surface area contributed by atoms with Crippen molar-refractivity contribution in [3.8, 4) is 17.2 Å². The first-order valence-electron chi connectivity index (χ1n) is 11.8. The molecule has 2 heterocycles. The zero-order valence-corrected chi connectivity index (χ0v) is 20.6. The van der Waals surface area contributed by atoms with Crippen LogP contribution in [0, 0.1) is 6.92 Å². The lowest BCUT2D eigenvalue weighted by molar-refractivity contribution is 0.0952. The Hall–Kier alpha value is -3.77. The Morgan fingerprint density at radius 2 is 1.86 bits per heavy atom. The van der Waals surface area contributed by atoms with E-state index in [0.717, 1.165) is 53.4 Å². The summed E-state index contributed by atoms with van der Waals surface area (Å²) in [6.45, 7) is 4.01. The first-order chi connectivity index (χ1) is 16.9. The number of ketones is 1. The molecule has 6 nitrogen and oxygen atoms in total. The van der Waals surface area contributed by atoms with E-state index >= 15 is 0 Å². The van der Waals surface area contributed by atoms with E-state index < -0.39 is 0 Å². The van der Waals surface area contributed by atoms with Gasteiger partial charge in [-0.1, -0.05) is 30.3 Å². The van der Waals surface area contributed by atoms with Gasteiger partial charge < -0.3 is 19.1 Å². The third-order valence-electron chi connectivity index (χ3n) is 6.60. The van der Waals surface area contributed by atoms with Gasteiger partial charge in [0.15, 0.2) is 5.76 Å². The molecule has 2 aliphatic rings. The van der Waals surface area contributed by atoms with Crippen LogP contribution >= 0.6 is 0 Å². The van der Waals surface area contributed by atoms with Gasteiger partial charge in [0, 0.05) is 44.0 Å². The van der Waals surface area contributed by atoms with Crippen molar-refractivity contribution in [2.45, 2.75) is 19.9 Å². The molecule has 0 radical (unpaired) electrons. The maximum Gasteiger partial charge on any atom is 0.231 e. The Kier molecular flexibility index (Phi) is 6.22. The van der Waals surface area contributed by atoms with Crippen molar-refractivity contribution in [1.29, 1.82) is 0 Å². The number of nitrogens with zero attached hydrogens (tertiary/aromatic N) is 2. The van der Waals surface area contributed by atoms with Crippen LogP contribution in [-0.2, 0) is 13.0 Å². The number of methoxy groups -OCH3 is 1. The minimum atomic E-state index is -0.0891. The molecule has 3 aromatic carbocycles. The largest absolute Gasteiger partial charge is 0.496 e. The van der Waals surface area contributed by atoms with Crippen LogP contribution in [0.1, 0.15) is 32.6 Å². The van der Waals surface area contributed by atoms with Gasteiger partial charge in [-0.2, -0.15) is 0 Å². The molecule has 0 unspecified atom stereocenters. The summed E-state index contributed by atoms with van der Waals surface area (Å²) in [7, 11) is 5.70. The van der Waals surface area contributed by atoms with Crippen molar-refractivity contribution in [1.82, 2.24) is 4.90 Å². The van der Waals surface area contributed by atoms with Crippen LogP contribution in [-0.4, -0.2) is 45.2 Å². The number of rotatable bonds is 6. The number of fused-ring (bicyclic) bond motifs is 2. The highest BCUT2D eigenvalue weighted by atomic mass is 16.5. The summed E-state index contributed by atoms with van der Waals surface area (Å²) >= 11 is 0. The maximum absolute atomic E-state index is 13.2. The minimum absolute atomic E-state index is 0.0891. The maximum atomic E-state index is 13.2. The van der Waals surface area contributed by atoms with Gasteiger partial charge in [0.05, 0.1) is 12.7 Å². The van der Waals surface area contributed by atoms with E-state index in [1.165, 1.54) is 5.56 Å². The summed E-state index contributed by atoms with van der Waals surface area (Å²) < 4.78 is 17.7. The number of carbonyl (C=O) groups is 1. The molecule has 0 amide bonds. The summed E-state index contributed by atoms with van der Waals surface area (Å²) in [4.78, 5) is 17.5. The summed E-state index contributed by atoms with van der Waals surface area (Å²) in [5.41, 5.74) is 5.69. The molecule has 0 spiro atoms. The van der Waals surface area contributed by atoms with Crippen LogP contribution in [0.5, 0.6) is 17.2 Å². The summed E-state index contributed by atoms with van der Waals surface area (Å²) in [6.07, 6.45) is 2.66. The number of benzene rings is 3. The second kappa shape index (κ2) is 9.47. The lowest BCUT2D eigenvalue weighted by Gasteiger charge is -2.30. The Balaban J connectivity index is 1.34. The van der Waals surface area contributed by atoms with E-state index in [4.69, 9.17) is 14.2 Å². The quantitative estimate of drug-likeness (QED) is 0.469. The van der Waals surface area contributed by atoms with Crippen LogP contribution in [0.2, 0.25) is 0 Å². The van der Waals surface area contributed by atoms with Crippen LogP contribution in [0.4, 0.5) is 5.69 Å². The average Bonchev–Trinajstić information content (AvgIpc) is 3.18. The first-order valence-corrected chi connectivity index (χ1v) is 11.8. The highest BCUT2D eigenvalue weighted by Gasteiger charge is 2.33. The fourth-order valence-corrected chi connectivity index (χ4v) is 4.65. The average molecular weight is 471 g/mol. The van der Waals surface area contributed by atoms with Gasteiger partial charge in [0.1, 0.15) is 24.0 Å². The number of allylic oxidation sites excluding steroid dienone is 1. The van der Waals surface area contributed by atoms with E-state index in [1.54, 1.807) is 13.2 Å². The molecule has 0 aromatic heterocycles. The van der Waals surface area contributed by atoms with Crippen molar-refractivity contribution in [3.05, 3.63) is 88.2 Å². The third kappa shape index (κ3) is 4.49. The van der Waals surface area contributed by atoms with E-state index in [2.05, 4.69) is 11.0 Å². The molecule has 0 bridgehead atoms. The second-order valence-electron chi connectivity index (χ2n) is 9.18. The molecule has 6 heteroatoms. The lowest BCUT2D eigenvalue weighted by Crippen LogP contribution is -2.34. The van der Waals surface area contributed by atoms with Crippen LogP contribution in [0.25, 0.3) is 6.08 Å². The molecule has 2 aliphatic heterocycles. The smallest absolute Gasteiger partial charge is 0.231 e. The van der Waals surface area contributed by atoms with Crippen molar-refractivity contribution in [2.75, 3.05) is 39.4 Å². The Morgan fingerprint density at radius 3 is 2.60 bits per heavy atom. The minimum Gasteiger partial charge on any atom is -0.496 e. The monoisotopic (exact) mass is 470 g/mol. The molecular weight excluding hydrogens is 440 g/mol. The number of ether oxygens (including phenoxy) is 3. The number of carbonyl (C=O) groups excluding carboxylic acids is 1. The molecule has 0 fully saturated rings. The highest BCUT2D eigenvalue weighted by molar-refractivity contribution is 6.15. The van der Waals surface area contributed by atoms with Crippen molar-refractivity contribution in [3.63, 3.8) is 0 Å². The van der Waals surface area contributed by atoms with Crippen LogP contribution in [0.3, 0.4) is 0 Å². The number of hydrogen-bond donors (Lipinski definition) is 0. The van der Waals surface area contributed by atoms with Crippen LogP contribution in [0.15, 0.2) is 60.4 Å². The van der Waals surface area contributed by atoms with Crippen molar-refractivity contribution in [2.24, 2.45) is 0 Å². The highest BCUT2D eigenvalue weighted by Crippen LogP contribution is 2.43. The Morgan fingerprint density at radius 1 is 1.09 bits per heavy atom. The molecule has 0 aliphatic carbocycles. The predicted octanol–water partition coefficient (Wildman–Crippen LogP) is 5.08. The molecule has 35 heavy (non-hydrogen) atoms. The number of anilines is 1. The van der Waals surface area contributed by atoms with E-state index in [-0.39, 0.29) is 5.78 Å². The van der Waals surface area contributed by atoms with Crippen molar-refractivity contribution >= 4 is 17.5 Å². The molecule has 0 N–H and O–H groups in total. The molecule has 0 atom stereocenters. The SMILES string of the molecule is COc1ccccc1CCN1COc2c(cc3c(c2C)O/C(=C\c2ccc(N(C)C)cc2)C3=O)C1. The first kappa shape index (κ1) is 23.0. The van der Waals surface area contributed by atoms with Gasteiger partial charge in [-0.3, -0.25) is 9.69 Å². The molecule has 0 saturated heterocycles. The normalized spacial score (nSPS) is 15.9. The Labute approximate surface area is 206 Å². The summed E-state index contributed by atoms with van der Waals surface area (Å²) in [5, 5.41) is 0. The van der Waals surface area contributed by atoms with E-state index in [0.29, 0.717) is 23.8 Å². The number of hydrogen-bond acceptors (Lipinski definition) is 6. The van der Waals surface area contributed by atoms with Gasteiger partial charge in [-0.05, 0) is 54.8 Å². The van der Waals surface area contributed by atoms with E-state index in [9.17, 15) is 4.79 Å². The van der Waals surface area contributed by atoms with Gasteiger partial charge in [0.25, 0.3) is 0 Å². The number of para-hydroxylation sites is 1. The zero-order chi connectivity index (χ0) is 24.5. The van der Waals surface area contributed by atoms with Gasteiger partial charge in [-0.15, -0.1) is 0 Å². The molecule has 0 saturated carbocycles. The zero-order valence-electron chi connectivity index (χ0n) is 20.6. The van der Waals surface area contributed by atoms with Gasteiger partial charge in [0.2, 0.25) is 5.78 Å². The van der Waals surface area contributed by atoms with Crippen LogP contribution < -0.4 is 19.1 Å². The van der Waals surface area contributed by atoms with Crippen molar-refractivity contribution < 1.29 is 19.0 Å². The van der Waals surface area contributed by atoms with Gasteiger partial charge >= 0.3 is 0 Å². The Bertz CT molecular complexity index is 1290. The third-order valence-corrected chi connectivity index (χ3v) is 6.60. The lowest BCUT2D eigenvalue weighted by atomic mass is 9.99. The topological polar surface area (TPSA) is 51.2 Å². The molecule has 5 rings (SSSR count). The fourth-order valence-electron chi connectivity index (χ4n) is 4.65. The molecule has 180 valence electrons. The summed E-state index contributed by atoms with van der Waals surface area (Å²) in [6, 6.07) is 18.0.